The maximum Gasteiger partial charge on any atom is 0.409 e. The van der Waals surface area contributed by atoms with E-state index in [9.17, 15) is 9.59 Å². The second kappa shape index (κ2) is 4.81. The highest BCUT2D eigenvalue weighted by Crippen LogP contribution is 2.12. The number of benzene rings is 1. The second-order valence-electron chi connectivity index (χ2n) is 2.49. The first-order valence-electron chi connectivity index (χ1n) is 3.91. The molecule has 0 spiro atoms. The van der Waals surface area contributed by atoms with E-state index >= 15 is 0 Å². The minimum Gasteiger partial charge on any atom is -0.411 e. The largest absolute Gasteiger partial charge is 0.411 e. The first-order chi connectivity index (χ1) is 6.72. The fourth-order valence-corrected chi connectivity index (χ4v) is 0.914. The van der Waals surface area contributed by atoms with Gasteiger partial charge in [0.1, 0.15) is 12.0 Å². The standard InChI is InChI=1S/C10H9NO3/c11-10(13)14-9-5-3-8(4-6-9)2-1-7-12/h1-7H,(H2,11,13)/b2-1+. The molecule has 0 aromatic heterocycles. The molecule has 2 N–H and O–H groups in total. The molecule has 1 aromatic carbocycles. The molecule has 0 radical (unpaired) electrons. The van der Waals surface area contributed by atoms with Crippen LogP contribution >= 0.6 is 0 Å². The highest BCUT2D eigenvalue weighted by atomic mass is 16.5. The van der Waals surface area contributed by atoms with E-state index in [4.69, 9.17) is 5.73 Å². The monoisotopic (exact) mass is 191 g/mol. The lowest BCUT2D eigenvalue weighted by Gasteiger charge is -1.99. The maximum atomic E-state index is 10.4. The number of hydrogen-bond acceptors (Lipinski definition) is 3. The van der Waals surface area contributed by atoms with Crippen molar-refractivity contribution < 1.29 is 14.3 Å². The van der Waals surface area contributed by atoms with Crippen LogP contribution in [0.4, 0.5) is 4.79 Å². The van der Waals surface area contributed by atoms with Crippen LogP contribution in [0, 0.1) is 0 Å². The number of primary amides is 1. The Morgan fingerprint density at radius 1 is 1.29 bits per heavy atom. The number of allylic oxidation sites excluding steroid dienone is 1. The summed E-state index contributed by atoms with van der Waals surface area (Å²) in [7, 11) is 0. The van der Waals surface area contributed by atoms with Crippen molar-refractivity contribution in [3.8, 4) is 5.75 Å². The van der Waals surface area contributed by atoms with Gasteiger partial charge in [-0.05, 0) is 23.8 Å². The molecule has 4 heteroatoms. The summed E-state index contributed by atoms with van der Waals surface area (Å²) in [5.74, 6) is 0.376. The third-order valence-corrected chi connectivity index (χ3v) is 1.47. The smallest absolute Gasteiger partial charge is 0.409 e. The van der Waals surface area contributed by atoms with Crippen LogP contribution in [-0.4, -0.2) is 12.4 Å². The van der Waals surface area contributed by atoms with Crippen LogP contribution in [0.5, 0.6) is 5.75 Å². The van der Waals surface area contributed by atoms with Gasteiger partial charge in [-0.25, -0.2) is 4.79 Å². The Bertz CT molecular complexity index is 354. The van der Waals surface area contributed by atoms with E-state index in [0.717, 1.165) is 5.56 Å². The van der Waals surface area contributed by atoms with Crippen LogP contribution < -0.4 is 10.5 Å². The van der Waals surface area contributed by atoms with Crippen LogP contribution in [0.2, 0.25) is 0 Å². The highest BCUT2D eigenvalue weighted by molar-refractivity contribution is 5.74. The van der Waals surface area contributed by atoms with E-state index in [1.165, 1.54) is 6.08 Å². The Morgan fingerprint density at radius 2 is 1.93 bits per heavy atom. The predicted molar refractivity (Wildman–Crippen MR) is 51.8 cm³/mol. The third-order valence-electron chi connectivity index (χ3n) is 1.47. The van der Waals surface area contributed by atoms with Crippen LogP contribution in [-0.2, 0) is 4.79 Å². The van der Waals surface area contributed by atoms with Crippen LogP contribution in [0.1, 0.15) is 5.56 Å². The number of carbonyl (C=O) groups is 2. The number of ether oxygens (including phenoxy) is 1. The number of aldehydes is 1. The zero-order chi connectivity index (χ0) is 10.4. The van der Waals surface area contributed by atoms with Crippen molar-refractivity contribution >= 4 is 18.5 Å². The molecule has 72 valence electrons. The molecule has 1 aromatic rings. The topological polar surface area (TPSA) is 69.4 Å². The molecule has 0 aliphatic carbocycles. The molecule has 0 unspecified atom stereocenters. The highest BCUT2D eigenvalue weighted by Gasteiger charge is 1.96. The molecule has 0 heterocycles. The third kappa shape index (κ3) is 3.10. The van der Waals surface area contributed by atoms with Crippen molar-refractivity contribution in [3.63, 3.8) is 0 Å². The zero-order valence-corrected chi connectivity index (χ0v) is 7.34. The Kier molecular flexibility index (Phi) is 3.43. The normalized spacial score (nSPS) is 10.0. The Balaban J connectivity index is 2.73. The van der Waals surface area contributed by atoms with E-state index in [0.29, 0.717) is 12.0 Å². The van der Waals surface area contributed by atoms with E-state index < -0.39 is 6.09 Å². The van der Waals surface area contributed by atoms with Crippen molar-refractivity contribution in [2.24, 2.45) is 5.73 Å². The summed E-state index contributed by atoms with van der Waals surface area (Å²) < 4.78 is 4.62. The van der Waals surface area contributed by atoms with Gasteiger partial charge in [0.25, 0.3) is 0 Å². The van der Waals surface area contributed by atoms with Gasteiger partial charge in [-0.1, -0.05) is 18.2 Å². The summed E-state index contributed by atoms with van der Waals surface area (Å²) in [5.41, 5.74) is 5.66. The second-order valence-corrected chi connectivity index (χ2v) is 2.49. The van der Waals surface area contributed by atoms with Crippen LogP contribution in [0.25, 0.3) is 6.08 Å². The van der Waals surface area contributed by atoms with Gasteiger partial charge in [0.05, 0.1) is 0 Å². The number of nitrogens with two attached hydrogens (primary N) is 1. The van der Waals surface area contributed by atoms with Gasteiger partial charge in [-0.15, -0.1) is 0 Å². The maximum absolute atomic E-state index is 10.4. The van der Waals surface area contributed by atoms with Crippen molar-refractivity contribution in [2.75, 3.05) is 0 Å². The molecule has 1 amide bonds. The molecular weight excluding hydrogens is 182 g/mol. The first-order valence-corrected chi connectivity index (χ1v) is 3.91. The molecular formula is C10H9NO3. The lowest BCUT2D eigenvalue weighted by atomic mass is 10.2. The number of carbonyl (C=O) groups excluding carboxylic acids is 2. The fraction of sp³-hybridized carbons (Fsp3) is 0. The van der Waals surface area contributed by atoms with Crippen molar-refractivity contribution in [1.29, 1.82) is 0 Å². The molecule has 0 aliphatic rings. The van der Waals surface area contributed by atoms with Crippen molar-refractivity contribution in [3.05, 3.63) is 35.9 Å². The molecule has 0 saturated carbocycles. The zero-order valence-electron chi connectivity index (χ0n) is 7.34. The minimum absolute atomic E-state index is 0.376. The summed E-state index contributed by atoms with van der Waals surface area (Å²) in [6.45, 7) is 0. The van der Waals surface area contributed by atoms with Crippen molar-refractivity contribution in [2.45, 2.75) is 0 Å². The van der Waals surface area contributed by atoms with Gasteiger partial charge in [0.2, 0.25) is 0 Å². The fourth-order valence-electron chi connectivity index (χ4n) is 0.914. The van der Waals surface area contributed by atoms with Crippen LogP contribution in [0.15, 0.2) is 30.3 Å². The summed E-state index contributed by atoms with van der Waals surface area (Å²) >= 11 is 0. The molecule has 4 nitrogen and oxygen atoms in total. The quantitative estimate of drug-likeness (QED) is 0.579. The molecule has 0 fully saturated rings. The lowest BCUT2D eigenvalue weighted by Crippen LogP contribution is -2.16. The van der Waals surface area contributed by atoms with Crippen LogP contribution in [0.3, 0.4) is 0 Å². The first kappa shape index (κ1) is 9.98. The average Bonchev–Trinajstić information content (AvgIpc) is 2.16. The van der Waals surface area contributed by atoms with Gasteiger partial charge in [-0.3, -0.25) is 4.79 Å². The van der Waals surface area contributed by atoms with E-state index in [2.05, 4.69) is 4.74 Å². The summed E-state index contributed by atoms with van der Waals surface area (Å²) in [5, 5.41) is 0. The van der Waals surface area contributed by atoms with Gasteiger partial charge < -0.3 is 10.5 Å². The number of amides is 1. The molecule has 1 rings (SSSR count). The Morgan fingerprint density at radius 3 is 2.43 bits per heavy atom. The average molecular weight is 191 g/mol. The Labute approximate surface area is 81.0 Å². The SMILES string of the molecule is NC(=O)Oc1ccc(/C=C/C=O)cc1. The van der Waals surface area contributed by atoms with Gasteiger partial charge in [0.15, 0.2) is 0 Å². The number of rotatable bonds is 3. The summed E-state index contributed by atoms with van der Waals surface area (Å²) in [6, 6.07) is 6.60. The molecule has 0 bridgehead atoms. The number of hydrogen-bond donors (Lipinski definition) is 1. The van der Waals surface area contributed by atoms with Gasteiger partial charge in [0, 0.05) is 0 Å². The molecule has 14 heavy (non-hydrogen) atoms. The Hall–Kier alpha value is -2.10. The van der Waals surface area contributed by atoms with Gasteiger partial charge >= 0.3 is 6.09 Å². The van der Waals surface area contributed by atoms with Crippen molar-refractivity contribution in [1.82, 2.24) is 0 Å². The molecule has 0 saturated heterocycles. The van der Waals surface area contributed by atoms with E-state index in [1.807, 2.05) is 0 Å². The van der Waals surface area contributed by atoms with E-state index in [-0.39, 0.29) is 0 Å². The minimum atomic E-state index is -0.846. The summed E-state index contributed by atoms with van der Waals surface area (Å²) in [4.78, 5) is 20.4. The van der Waals surface area contributed by atoms with E-state index in [1.54, 1.807) is 30.3 Å². The lowest BCUT2D eigenvalue weighted by molar-refractivity contribution is -0.104. The molecule has 0 aliphatic heterocycles. The predicted octanol–water partition coefficient (Wildman–Crippen LogP) is 1.36. The summed E-state index contributed by atoms with van der Waals surface area (Å²) in [6.07, 6.45) is 2.86. The van der Waals surface area contributed by atoms with Gasteiger partial charge in [-0.2, -0.15) is 0 Å². The molecule has 0 atom stereocenters.